The SMILES string of the molecule is O=C(CSc1nc(=O)n(Cc2cccs2)c2c1CCC2)c1ccc(Cl)cc1. The van der Waals surface area contributed by atoms with Crippen LogP contribution in [-0.2, 0) is 19.4 Å². The van der Waals surface area contributed by atoms with Crippen LogP contribution in [0.3, 0.4) is 0 Å². The van der Waals surface area contributed by atoms with Gasteiger partial charge >= 0.3 is 5.69 Å². The average molecular weight is 417 g/mol. The highest BCUT2D eigenvalue weighted by atomic mass is 35.5. The molecule has 3 aromatic rings. The summed E-state index contributed by atoms with van der Waals surface area (Å²) < 4.78 is 1.79. The van der Waals surface area contributed by atoms with Gasteiger partial charge in [-0.25, -0.2) is 4.79 Å². The van der Waals surface area contributed by atoms with E-state index in [1.807, 2.05) is 17.5 Å². The van der Waals surface area contributed by atoms with Crippen molar-refractivity contribution in [2.24, 2.45) is 0 Å². The summed E-state index contributed by atoms with van der Waals surface area (Å²) in [5.74, 6) is 0.267. The molecule has 4 nitrogen and oxygen atoms in total. The first-order valence-corrected chi connectivity index (χ1v) is 10.9. The fourth-order valence-electron chi connectivity index (χ4n) is 3.28. The molecule has 0 spiro atoms. The number of thioether (sulfide) groups is 1. The molecule has 1 aromatic carbocycles. The maximum atomic E-state index is 12.6. The van der Waals surface area contributed by atoms with Crippen molar-refractivity contribution < 1.29 is 4.79 Å². The van der Waals surface area contributed by atoms with E-state index in [2.05, 4.69) is 4.98 Å². The number of fused-ring (bicyclic) bond motifs is 1. The molecule has 0 atom stereocenters. The predicted octanol–water partition coefficient (Wildman–Crippen LogP) is 4.47. The molecule has 0 bridgehead atoms. The lowest BCUT2D eigenvalue weighted by Gasteiger charge is -2.13. The average Bonchev–Trinajstić information content (AvgIpc) is 3.34. The Kier molecular flexibility index (Phi) is 5.48. The minimum absolute atomic E-state index is 0.00739. The van der Waals surface area contributed by atoms with E-state index in [-0.39, 0.29) is 17.2 Å². The van der Waals surface area contributed by atoms with E-state index in [4.69, 9.17) is 11.6 Å². The van der Waals surface area contributed by atoms with Gasteiger partial charge in [0.15, 0.2) is 5.78 Å². The quantitative estimate of drug-likeness (QED) is 0.338. The summed E-state index contributed by atoms with van der Waals surface area (Å²) in [4.78, 5) is 30.5. The smallest absolute Gasteiger partial charge is 0.293 e. The van der Waals surface area contributed by atoms with Crippen LogP contribution in [0.5, 0.6) is 0 Å². The van der Waals surface area contributed by atoms with E-state index in [1.54, 1.807) is 40.2 Å². The summed E-state index contributed by atoms with van der Waals surface area (Å²) in [6.45, 7) is 0.570. The fourth-order valence-corrected chi connectivity index (χ4v) is 5.07. The molecule has 0 saturated heterocycles. The highest BCUT2D eigenvalue weighted by Gasteiger charge is 2.23. The van der Waals surface area contributed by atoms with Gasteiger partial charge in [0.05, 0.1) is 12.3 Å². The van der Waals surface area contributed by atoms with E-state index < -0.39 is 0 Å². The molecule has 2 heterocycles. The van der Waals surface area contributed by atoms with Crippen molar-refractivity contribution in [3.8, 4) is 0 Å². The molecular weight excluding hydrogens is 400 g/mol. The number of hydrogen-bond acceptors (Lipinski definition) is 5. The molecule has 0 saturated carbocycles. The highest BCUT2D eigenvalue weighted by molar-refractivity contribution is 8.00. The first kappa shape index (κ1) is 18.5. The summed E-state index contributed by atoms with van der Waals surface area (Å²) in [5.41, 5.74) is 2.59. The molecule has 0 amide bonds. The monoisotopic (exact) mass is 416 g/mol. The van der Waals surface area contributed by atoms with Gasteiger partial charge in [-0.2, -0.15) is 4.98 Å². The van der Waals surface area contributed by atoms with Crippen molar-refractivity contribution >= 4 is 40.5 Å². The minimum atomic E-state index is -0.231. The van der Waals surface area contributed by atoms with Crippen molar-refractivity contribution in [2.45, 2.75) is 30.8 Å². The van der Waals surface area contributed by atoms with Crippen molar-refractivity contribution in [2.75, 3.05) is 5.75 Å². The van der Waals surface area contributed by atoms with E-state index in [0.29, 0.717) is 22.2 Å². The molecule has 138 valence electrons. The van der Waals surface area contributed by atoms with Crippen LogP contribution in [0.4, 0.5) is 0 Å². The zero-order chi connectivity index (χ0) is 18.8. The number of benzene rings is 1. The molecule has 0 radical (unpaired) electrons. The number of thiophene rings is 1. The van der Waals surface area contributed by atoms with E-state index in [1.165, 1.54) is 11.8 Å². The highest BCUT2D eigenvalue weighted by Crippen LogP contribution is 2.30. The summed E-state index contributed by atoms with van der Waals surface area (Å²) >= 11 is 8.87. The number of carbonyl (C=O) groups is 1. The second-order valence-corrected chi connectivity index (χ2v) is 8.80. The second-order valence-electron chi connectivity index (χ2n) is 6.36. The molecule has 0 N–H and O–H groups in total. The molecule has 0 aliphatic heterocycles. The standard InChI is InChI=1S/C20H17ClN2O2S2/c21-14-8-6-13(7-9-14)18(24)12-27-19-16-4-1-5-17(16)23(20(25)22-19)11-15-3-2-10-26-15/h2-3,6-10H,1,4-5,11-12H2. The van der Waals surface area contributed by atoms with Crippen LogP contribution in [0.15, 0.2) is 51.6 Å². The van der Waals surface area contributed by atoms with Gasteiger partial charge in [-0.1, -0.05) is 29.4 Å². The Balaban J connectivity index is 1.56. The van der Waals surface area contributed by atoms with Crippen LogP contribution in [0.25, 0.3) is 0 Å². The number of carbonyl (C=O) groups excluding carboxylic acids is 1. The zero-order valence-electron chi connectivity index (χ0n) is 14.5. The number of Topliss-reactive ketones (excluding diaryl/α,β-unsaturated/α-hetero) is 1. The van der Waals surface area contributed by atoms with Crippen LogP contribution >= 0.6 is 34.7 Å². The number of rotatable bonds is 6. The maximum absolute atomic E-state index is 12.6. The summed E-state index contributed by atoms with van der Waals surface area (Å²) in [6, 6.07) is 10.9. The van der Waals surface area contributed by atoms with Gasteiger partial charge in [0.2, 0.25) is 0 Å². The van der Waals surface area contributed by atoms with Crippen molar-refractivity contribution in [3.05, 3.63) is 79.0 Å². The van der Waals surface area contributed by atoms with Gasteiger partial charge in [-0.3, -0.25) is 9.36 Å². The Morgan fingerprint density at radius 1 is 1.22 bits per heavy atom. The second kappa shape index (κ2) is 8.00. The largest absolute Gasteiger partial charge is 0.349 e. The maximum Gasteiger partial charge on any atom is 0.349 e. The molecule has 0 unspecified atom stereocenters. The molecule has 0 fully saturated rings. The van der Waals surface area contributed by atoms with Crippen LogP contribution in [-0.4, -0.2) is 21.1 Å². The van der Waals surface area contributed by atoms with Gasteiger partial charge < -0.3 is 0 Å². The number of halogens is 1. The fraction of sp³-hybridized carbons (Fsp3) is 0.250. The van der Waals surface area contributed by atoms with Crippen molar-refractivity contribution in [1.82, 2.24) is 9.55 Å². The first-order valence-electron chi connectivity index (χ1n) is 8.68. The van der Waals surface area contributed by atoms with Crippen LogP contribution in [0, 0.1) is 0 Å². The lowest BCUT2D eigenvalue weighted by Crippen LogP contribution is -2.27. The third kappa shape index (κ3) is 4.03. The van der Waals surface area contributed by atoms with Gasteiger partial charge in [0.25, 0.3) is 0 Å². The number of aromatic nitrogens is 2. The Morgan fingerprint density at radius 2 is 2.04 bits per heavy atom. The van der Waals surface area contributed by atoms with Gasteiger partial charge in [-0.05, 0) is 55.0 Å². The van der Waals surface area contributed by atoms with Gasteiger partial charge in [0.1, 0.15) is 5.03 Å². The van der Waals surface area contributed by atoms with E-state index in [0.717, 1.165) is 35.4 Å². The summed E-state index contributed by atoms with van der Waals surface area (Å²) in [7, 11) is 0. The first-order chi connectivity index (χ1) is 13.1. The molecule has 27 heavy (non-hydrogen) atoms. The van der Waals surface area contributed by atoms with Gasteiger partial charge in [-0.15, -0.1) is 11.3 Å². The van der Waals surface area contributed by atoms with E-state index in [9.17, 15) is 9.59 Å². The number of ketones is 1. The summed E-state index contributed by atoms with van der Waals surface area (Å²) in [6.07, 6.45) is 2.81. The van der Waals surface area contributed by atoms with Crippen molar-refractivity contribution in [3.63, 3.8) is 0 Å². The Bertz CT molecular complexity index is 1030. The van der Waals surface area contributed by atoms with E-state index >= 15 is 0 Å². The molecular formula is C20H17ClN2O2S2. The minimum Gasteiger partial charge on any atom is -0.293 e. The third-order valence-electron chi connectivity index (χ3n) is 4.60. The Morgan fingerprint density at radius 3 is 2.78 bits per heavy atom. The van der Waals surface area contributed by atoms with Crippen molar-refractivity contribution in [1.29, 1.82) is 0 Å². The molecule has 1 aliphatic carbocycles. The lowest BCUT2D eigenvalue weighted by atomic mass is 10.1. The topological polar surface area (TPSA) is 52.0 Å². The number of nitrogens with zero attached hydrogens (tertiary/aromatic N) is 2. The van der Waals surface area contributed by atoms with Crippen LogP contribution in [0.1, 0.15) is 32.9 Å². The third-order valence-corrected chi connectivity index (χ3v) is 6.73. The van der Waals surface area contributed by atoms with Gasteiger partial charge in [0, 0.05) is 26.7 Å². The summed E-state index contributed by atoms with van der Waals surface area (Å²) in [5, 5.41) is 3.32. The predicted molar refractivity (Wildman–Crippen MR) is 110 cm³/mol. The Hall–Kier alpha value is -1.89. The molecule has 4 rings (SSSR count). The molecule has 7 heteroatoms. The normalized spacial score (nSPS) is 12.9. The molecule has 1 aliphatic rings. The number of hydrogen-bond donors (Lipinski definition) is 0. The Labute approximate surface area is 170 Å². The lowest BCUT2D eigenvalue weighted by molar-refractivity contribution is 0.102. The zero-order valence-corrected chi connectivity index (χ0v) is 16.9. The van der Waals surface area contributed by atoms with Crippen LogP contribution in [0.2, 0.25) is 5.02 Å². The van der Waals surface area contributed by atoms with Crippen LogP contribution < -0.4 is 5.69 Å². The molecule has 2 aromatic heterocycles.